The van der Waals surface area contributed by atoms with Crippen molar-refractivity contribution in [3.63, 3.8) is 0 Å². The first-order valence-corrected chi connectivity index (χ1v) is 8.16. The molecule has 1 aliphatic rings. The summed E-state index contributed by atoms with van der Waals surface area (Å²) in [6, 6.07) is 0.603. The van der Waals surface area contributed by atoms with Gasteiger partial charge in [0.25, 0.3) is 0 Å². The van der Waals surface area contributed by atoms with E-state index in [-0.39, 0.29) is 0 Å². The Labute approximate surface area is 118 Å². The Bertz CT molecular complexity index is 381. The molecule has 0 saturated carbocycles. The van der Waals surface area contributed by atoms with Gasteiger partial charge in [-0.15, -0.1) is 0 Å². The molecule has 1 N–H and O–H groups in total. The molecule has 0 bridgehead atoms. The highest BCUT2D eigenvalue weighted by atomic mass is 15.0. The summed E-state index contributed by atoms with van der Waals surface area (Å²) in [6.45, 7) is 9.22. The van der Waals surface area contributed by atoms with Crippen LogP contribution in [-0.2, 0) is 13.0 Å². The minimum absolute atomic E-state index is 0.603. The lowest BCUT2D eigenvalue weighted by molar-refractivity contribution is 0.444. The Morgan fingerprint density at radius 3 is 2.89 bits per heavy atom. The SMILES string of the molecule is CCCNC1CCCc2cn(CC(C)CCC)cc21. The number of nitrogens with one attached hydrogen (secondary N) is 1. The van der Waals surface area contributed by atoms with Crippen molar-refractivity contribution in [3.05, 3.63) is 23.5 Å². The van der Waals surface area contributed by atoms with Crippen LogP contribution >= 0.6 is 0 Å². The summed E-state index contributed by atoms with van der Waals surface area (Å²) in [5.74, 6) is 0.793. The van der Waals surface area contributed by atoms with E-state index in [1.54, 1.807) is 11.1 Å². The van der Waals surface area contributed by atoms with Crippen LogP contribution in [0, 0.1) is 5.92 Å². The number of hydrogen-bond donors (Lipinski definition) is 1. The van der Waals surface area contributed by atoms with E-state index in [1.807, 2.05) is 0 Å². The summed E-state index contributed by atoms with van der Waals surface area (Å²) in [5, 5.41) is 3.71. The van der Waals surface area contributed by atoms with E-state index >= 15 is 0 Å². The summed E-state index contributed by atoms with van der Waals surface area (Å²) in [7, 11) is 0. The standard InChI is InChI=1S/C17H30N2/c1-4-7-14(3)11-19-12-15-8-6-9-17(16(15)13-19)18-10-5-2/h12-14,17-18H,4-11H2,1-3H3. The predicted molar refractivity (Wildman–Crippen MR) is 82.5 cm³/mol. The average molecular weight is 262 g/mol. The van der Waals surface area contributed by atoms with Gasteiger partial charge in [-0.2, -0.15) is 0 Å². The number of aryl methyl sites for hydroxylation is 1. The number of aromatic nitrogens is 1. The van der Waals surface area contributed by atoms with Crippen LogP contribution in [0.5, 0.6) is 0 Å². The van der Waals surface area contributed by atoms with Gasteiger partial charge < -0.3 is 9.88 Å². The molecule has 2 atom stereocenters. The van der Waals surface area contributed by atoms with E-state index in [0.717, 1.165) is 12.5 Å². The van der Waals surface area contributed by atoms with Crippen LogP contribution in [0.15, 0.2) is 12.4 Å². The first kappa shape index (κ1) is 14.6. The minimum atomic E-state index is 0.603. The molecule has 19 heavy (non-hydrogen) atoms. The Balaban J connectivity index is 2.03. The highest BCUT2D eigenvalue weighted by Crippen LogP contribution is 2.30. The summed E-state index contributed by atoms with van der Waals surface area (Å²) in [4.78, 5) is 0. The van der Waals surface area contributed by atoms with E-state index in [4.69, 9.17) is 0 Å². The molecule has 0 saturated heterocycles. The predicted octanol–water partition coefficient (Wildman–Crippen LogP) is 4.30. The van der Waals surface area contributed by atoms with E-state index in [0.29, 0.717) is 6.04 Å². The monoisotopic (exact) mass is 262 g/mol. The maximum Gasteiger partial charge on any atom is 0.0338 e. The molecule has 108 valence electrons. The fraction of sp³-hybridized carbons (Fsp3) is 0.765. The second-order valence-electron chi connectivity index (χ2n) is 6.23. The van der Waals surface area contributed by atoms with Gasteiger partial charge in [0.05, 0.1) is 0 Å². The summed E-state index contributed by atoms with van der Waals surface area (Å²) < 4.78 is 2.44. The number of nitrogens with zero attached hydrogens (tertiary/aromatic N) is 1. The third kappa shape index (κ3) is 3.85. The lowest BCUT2D eigenvalue weighted by atomic mass is 9.91. The summed E-state index contributed by atoms with van der Waals surface area (Å²) in [5.41, 5.74) is 3.16. The molecule has 1 heterocycles. The van der Waals surface area contributed by atoms with Crippen molar-refractivity contribution in [2.24, 2.45) is 5.92 Å². The van der Waals surface area contributed by atoms with E-state index < -0.39 is 0 Å². The third-order valence-electron chi connectivity index (χ3n) is 4.26. The first-order chi connectivity index (χ1) is 9.24. The fourth-order valence-electron chi connectivity index (χ4n) is 3.33. The highest BCUT2D eigenvalue weighted by Gasteiger charge is 2.21. The molecular formula is C17H30N2. The Morgan fingerprint density at radius 2 is 2.16 bits per heavy atom. The van der Waals surface area contributed by atoms with Crippen molar-refractivity contribution < 1.29 is 0 Å². The first-order valence-electron chi connectivity index (χ1n) is 8.16. The minimum Gasteiger partial charge on any atom is -0.353 e. The van der Waals surface area contributed by atoms with Gasteiger partial charge in [-0.05, 0) is 55.7 Å². The zero-order valence-corrected chi connectivity index (χ0v) is 12.9. The third-order valence-corrected chi connectivity index (χ3v) is 4.26. The van der Waals surface area contributed by atoms with Gasteiger partial charge in [0.2, 0.25) is 0 Å². The van der Waals surface area contributed by atoms with Gasteiger partial charge in [0.15, 0.2) is 0 Å². The number of hydrogen-bond acceptors (Lipinski definition) is 1. The lowest BCUT2D eigenvalue weighted by Gasteiger charge is -2.23. The molecule has 2 heteroatoms. The van der Waals surface area contributed by atoms with Crippen LogP contribution in [0.4, 0.5) is 0 Å². The molecule has 1 aliphatic carbocycles. The van der Waals surface area contributed by atoms with Crippen LogP contribution in [0.25, 0.3) is 0 Å². The Morgan fingerprint density at radius 1 is 1.32 bits per heavy atom. The topological polar surface area (TPSA) is 17.0 Å². The smallest absolute Gasteiger partial charge is 0.0338 e. The maximum atomic E-state index is 3.71. The molecule has 2 rings (SSSR count). The van der Waals surface area contributed by atoms with Gasteiger partial charge in [-0.25, -0.2) is 0 Å². The van der Waals surface area contributed by atoms with E-state index in [1.165, 1.54) is 45.1 Å². The molecular weight excluding hydrogens is 232 g/mol. The maximum absolute atomic E-state index is 3.71. The van der Waals surface area contributed by atoms with Gasteiger partial charge >= 0.3 is 0 Å². The Kier molecular flexibility index (Phi) is 5.50. The zero-order chi connectivity index (χ0) is 13.7. The molecule has 2 unspecified atom stereocenters. The normalized spacial score (nSPS) is 20.3. The van der Waals surface area contributed by atoms with Crippen molar-refractivity contribution in [2.75, 3.05) is 6.54 Å². The summed E-state index contributed by atoms with van der Waals surface area (Å²) >= 11 is 0. The second kappa shape index (κ2) is 7.14. The number of fused-ring (bicyclic) bond motifs is 1. The van der Waals surface area contributed by atoms with Crippen LogP contribution in [0.1, 0.15) is 70.0 Å². The van der Waals surface area contributed by atoms with Crippen LogP contribution in [0.3, 0.4) is 0 Å². The average Bonchev–Trinajstić information content (AvgIpc) is 2.79. The highest BCUT2D eigenvalue weighted by molar-refractivity contribution is 5.30. The van der Waals surface area contributed by atoms with Gasteiger partial charge in [-0.1, -0.05) is 27.2 Å². The van der Waals surface area contributed by atoms with Crippen LogP contribution in [-0.4, -0.2) is 11.1 Å². The molecule has 0 fully saturated rings. The molecule has 0 amide bonds. The fourth-order valence-corrected chi connectivity index (χ4v) is 3.33. The second-order valence-corrected chi connectivity index (χ2v) is 6.23. The molecule has 1 aromatic rings. The van der Waals surface area contributed by atoms with E-state index in [9.17, 15) is 0 Å². The van der Waals surface area contributed by atoms with Crippen molar-refractivity contribution in [3.8, 4) is 0 Å². The van der Waals surface area contributed by atoms with E-state index in [2.05, 4.69) is 43.0 Å². The van der Waals surface area contributed by atoms with Crippen molar-refractivity contribution >= 4 is 0 Å². The molecule has 0 spiro atoms. The summed E-state index contributed by atoms with van der Waals surface area (Å²) in [6.07, 6.45) is 12.6. The van der Waals surface area contributed by atoms with Crippen LogP contribution < -0.4 is 5.32 Å². The van der Waals surface area contributed by atoms with Gasteiger partial charge in [0, 0.05) is 25.0 Å². The number of rotatable bonds is 7. The van der Waals surface area contributed by atoms with Gasteiger partial charge in [-0.3, -0.25) is 0 Å². The van der Waals surface area contributed by atoms with Crippen molar-refractivity contribution in [1.29, 1.82) is 0 Å². The zero-order valence-electron chi connectivity index (χ0n) is 12.9. The van der Waals surface area contributed by atoms with Crippen LogP contribution in [0.2, 0.25) is 0 Å². The molecule has 1 aromatic heterocycles. The molecule has 2 nitrogen and oxygen atoms in total. The molecule has 0 aromatic carbocycles. The Hall–Kier alpha value is -0.760. The largest absolute Gasteiger partial charge is 0.353 e. The lowest BCUT2D eigenvalue weighted by Crippen LogP contribution is -2.24. The van der Waals surface area contributed by atoms with Gasteiger partial charge in [0.1, 0.15) is 0 Å². The molecule has 0 radical (unpaired) electrons. The van der Waals surface area contributed by atoms with Crippen molar-refractivity contribution in [1.82, 2.24) is 9.88 Å². The molecule has 0 aliphatic heterocycles. The quantitative estimate of drug-likeness (QED) is 0.775. The van der Waals surface area contributed by atoms with Crippen molar-refractivity contribution in [2.45, 2.75) is 71.9 Å².